The fourth-order valence-electron chi connectivity index (χ4n) is 1.86. The van der Waals surface area contributed by atoms with Crippen molar-refractivity contribution in [2.45, 2.75) is 25.7 Å². The topological polar surface area (TPSA) is 55.1 Å². The highest BCUT2D eigenvalue weighted by Gasteiger charge is 2.28. The van der Waals surface area contributed by atoms with E-state index in [1.54, 1.807) is 6.92 Å². The normalized spacial score (nSPS) is 16.5. The Kier molecular flexibility index (Phi) is 3.19. The van der Waals surface area contributed by atoms with Gasteiger partial charge in [-0.05, 0) is 31.0 Å². The van der Waals surface area contributed by atoms with Gasteiger partial charge in [-0.15, -0.1) is 11.6 Å². The van der Waals surface area contributed by atoms with Crippen molar-refractivity contribution in [1.82, 2.24) is 4.98 Å². The summed E-state index contributed by atoms with van der Waals surface area (Å²) >= 11 is 5.67. The molecule has 1 aliphatic carbocycles. The molecule has 2 aromatic rings. The van der Waals surface area contributed by atoms with E-state index in [9.17, 15) is 4.79 Å². The molecule has 1 aromatic carbocycles. The molecular formula is C14H15ClN2O2. The number of carbonyl (C=O) groups excluding carboxylic acids is 1. The van der Waals surface area contributed by atoms with Crippen LogP contribution in [0.3, 0.4) is 0 Å². The van der Waals surface area contributed by atoms with Gasteiger partial charge in [0.15, 0.2) is 11.5 Å². The van der Waals surface area contributed by atoms with Gasteiger partial charge < -0.3 is 9.73 Å². The highest BCUT2D eigenvalue weighted by Crippen LogP contribution is 2.40. The lowest BCUT2D eigenvalue weighted by Crippen LogP contribution is -2.21. The summed E-state index contributed by atoms with van der Waals surface area (Å²) in [5.74, 6) is 1.32. The van der Waals surface area contributed by atoms with Gasteiger partial charge in [0, 0.05) is 23.4 Å². The first-order chi connectivity index (χ1) is 9.17. The van der Waals surface area contributed by atoms with Gasteiger partial charge >= 0.3 is 0 Å². The Morgan fingerprint density at radius 3 is 3.05 bits per heavy atom. The number of nitrogens with zero attached hydrogens (tertiary/aromatic N) is 1. The Morgan fingerprint density at radius 2 is 2.37 bits per heavy atom. The summed E-state index contributed by atoms with van der Waals surface area (Å²) in [6, 6.07) is 5.50. The largest absolute Gasteiger partial charge is 0.440 e. The Bertz CT molecular complexity index is 619. The zero-order chi connectivity index (χ0) is 13.4. The molecule has 1 N–H and O–H groups in total. The first-order valence-electron chi connectivity index (χ1n) is 6.44. The summed E-state index contributed by atoms with van der Waals surface area (Å²) in [6.07, 6.45) is 2.31. The maximum absolute atomic E-state index is 11.8. The number of alkyl halides is 1. The molecule has 0 bridgehead atoms. The van der Waals surface area contributed by atoms with Crippen LogP contribution in [0, 0.1) is 5.92 Å². The van der Waals surface area contributed by atoms with Crippen LogP contribution in [0.5, 0.6) is 0 Å². The minimum absolute atomic E-state index is 0.0831. The summed E-state index contributed by atoms with van der Waals surface area (Å²) in [7, 11) is 0. The van der Waals surface area contributed by atoms with E-state index >= 15 is 0 Å². The molecule has 3 rings (SSSR count). The lowest BCUT2D eigenvalue weighted by Gasteiger charge is -2.08. The van der Waals surface area contributed by atoms with Crippen LogP contribution in [-0.4, -0.2) is 16.8 Å². The number of carbonyl (C=O) groups is 1. The molecule has 4 nitrogen and oxygen atoms in total. The molecule has 0 aliphatic heterocycles. The molecule has 1 aromatic heterocycles. The maximum atomic E-state index is 11.8. The summed E-state index contributed by atoms with van der Waals surface area (Å²) in [5.41, 5.74) is 2.29. The number of anilines is 1. The van der Waals surface area contributed by atoms with Crippen molar-refractivity contribution in [3.8, 4) is 0 Å². The Hall–Kier alpha value is -1.55. The number of oxazole rings is 1. The highest BCUT2D eigenvalue weighted by atomic mass is 35.5. The average Bonchev–Trinajstić information content (AvgIpc) is 3.17. The third-order valence-electron chi connectivity index (χ3n) is 3.28. The summed E-state index contributed by atoms with van der Waals surface area (Å²) in [6.45, 7) is 1.79. The van der Waals surface area contributed by atoms with E-state index < -0.39 is 0 Å². The van der Waals surface area contributed by atoms with Crippen LogP contribution in [0.4, 0.5) is 5.69 Å². The van der Waals surface area contributed by atoms with Crippen LogP contribution in [-0.2, 0) is 4.79 Å². The minimum atomic E-state index is -0.211. The molecule has 100 valence electrons. The molecule has 1 amide bonds. The van der Waals surface area contributed by atoms with Crippen molar-refractivity contribution in [1.29, 1.82) is 0 Å². The second kappa shape index (κ2) is 4.85. The van der Waals surface area contributed by atoms with Gasteiger partial charge in [-0.25, -0.2) is 4.98 Å². The predicted octanol–water partition coefficient (Wildman–Crippen LogP) is 3.52. The van der Waals surface area contributed by atoms with Crippen molar-refractivity contribution >= 4 is 34.3 Å². The molecule has 0 spiro atoms. The van der Waals surface area contributed by atoms with Crippen LogP contribution in [0.15, 0.2) is 22.6 Å². The van der Waals surface area contributed by atoms with Crippen LogP contribution >= 0.6 is 11.6 Å². The van der Waals surface area contributed by atoms with E-state index in [0.717, 1.165) is 35.5 Å². The fourth-order valence-corrected chi connectivity index (χ4v) is 2.00. The summed E-state index contributed by atoms with van der Waals surface area (Å²) in [4.78, 5) is 16.2. The standard InChI is InChI=1S/C14H15ClN2O2/c1-8(7-15)13(18)16-10-4-5-12-11(6-10)17-14(19-12)9-2-3-9/h4-6,8-9H,2-3,7H2,1H3,(H,16,18). The van der Waals surface area contributed by atoms with Crippen molar-refractivity contribution < 1.29 is 9.21 Å². The van der Waals surface area contributed by atoms with Crippen LogP contribution in [0.1, 0.15) is 31.6 Å². The van der Waals surface area contributed by atoms with E-state index in [0.29, 0.717) is 11.8 Å². The third kappa shape index (κ3) is 2.59. The first kappa shape index (κ1) is 12.5. The van der Waals surface area contributed by atoms with Gasteiger partial charge in [0.1, 0.15) is 5.52 Å². The Labute approximate surface area is 116 Å². The SMILES string of the molecule is CC(CCl)C(=O)Nc1ccc2oc(C3CC3)nc2c1. The number of benzene rings is 1. The summed E-state index contributed by atoms with van der Waals surface area (Å²) in [5, 5.41) is 2.83. The Morgan fingerprint density at radius 1 is 1.58 bits per heavy atom. The van der Waals surface area contributed by atoms with Gasteiger partial charge in [0.2, 0.25) is 5.91 Å². The van der Waals surface area contributed by atoms with Crippen molar-refractivity contribution in [3.05, 3.63) is 24.1 Å². The number of rotatable bonds is 4. The molecule has 1 unspecified atom stereocenters. The number of nitrogens with one attached hydrogen (secondary N) is 1. The number of hydrogen-bond donors (Lipinski definition) is 1. The van der Waals surface area contributed by atoms with Gasteiger partial charge in [0.25, 0.3) is 0 Å². The van der Waals surface area contributed by atoms with E-state index in [1.807, 2.05) is 18.2 Å². The third-order valence-corrected chi connectivity index (χ3v) is 3.74. The zero-order valence-corrected chi connectivity index (χ0v) is 11.4. The fraction of sp³-hybridized carbons (Fsp3) is 0.429. The predicted molar refractivity (Wildman–Crippen MR) is 74.5 cm³/mol. The van der Waals surface area contributed by atoms with E-state index in [2.05, 4.69) is 10.3 Å². The second-order valence-corrected chi connectivity index (χ2v) is 5.36. The number of fused-ring (bicyclic) bond motifs is 1. The highest BCUT2D eigenvalue weighted by molar-refractivity contribution is 6.19. The lowest BCUT2D eigenvalue weighted by molar-refractivity contribution is -0.118. The number of halogens is 1. The molecule has 0 radical (unpaired) electrons. The molecule has 5 heteroatoms. The average molecular weight is 279 g/mol. The van der Waals surface area contributed by atoms with Crippen molar-refractivity contribution in [2.75, 3.05) is 11.2 Å². The summed E-state index contributed by atoms with van der Waals surface area (Å²) < 4.78 is 5.68. The monoisotopic (exact) mass is 278 g/mol. The van der Waals surface area contributed by atoms with Crippen molar-refractivity contribution in [2.24, 2.45) is 5.92 Å². The van der Waals surface area contributed by atoms with Crippen LogP contribution in [0.2, 0.25) is 0 Å². The minimum Gasteiger partial charge on any atom is -0.440 e. The number of hydrogen-bond acceptors (Lipinski definition) is 3. The van der Waals surface area contributed by atoms with Crippen molar-refractivity contribution in [3.63, 3.8) is 0 Å². The quantitative estimate of drug-likeness (QED) is 0.871. The number of amides is 1. The lowest BCUT2D eigenvalue weighted by atomic mass is 10.2. The second-order valence-electron chi connectivity index (χ2n) is 5.05. The molecule has 19 heavy (non-hydrogen) atoms. The van der Waals surface area contributed by atoms with Crippen LogP contribution in [0.25, 0.3) is 11.1 Å². The van der Waals surface area contributed by atoms with E-state index in [-0.39, 0.29) is 11.8 Å². The molecular weight excluding hydrogens is 264 g/mol. The van der Waals surface area contributed by atoms with Gasteiger partial charge in [-0.1, -0.05) is 6.92 Å². The molecule has 1 fully saturated rings. The van der Waals surface area contributed by atoms with Gasteiger partial charge in [-0.3, -0.25) is 4.79 Å². The smallest absolute Gasteiger partial charge is 0.228 e. The zero-order valence-electron chi connectivity index (χ0n) is 10.6. The molecule has 1 atom stereocenters. The van der Waals surface area contributed by atoms with Gasteiger partial charge in [0.05, 0.1) is 0 Å². The van der Waals surface area contributed by atoms with E-state index in [4.69, 9.17) is 16.0 Å². The molecule has 1 aliphatic rings. The number of aromatic nitrogens is 1. The first-order valence-corrected chi connectivity index (χ1v) is 6.98. The van der Waals surface area contributed by atoms with Gasteiger partial charge in [-0.2, -0.15) is 0 Å². The van der Waals surface area contributed by atoms with E-state index in [1.165, 1.54) is 0 Å². The molecule has 0 saturated heterocycles. The molecule has 1 saturated carbocycles. The maximum Gasteiger partial charge on any atom is 0.228 e. The Balaban J connectivity index is 1.82. The molecule has 1 heterocycles. The van der Waals surface area contributed by atoms with Crippen LogP contribution < -0.4 is 5.32 Å².